The zero-order chi connectivity index (χ0) is 13.8. The Kier molecular flexibility index (Phi) is 4.05. The summed E-state index contributed by atoms with van der Waals surface area (Å²) in [6.45, 7) is 5.49. The topological polar surface area (TPSA) is 23.5 Å². The molecule has 0 amide bonds. The summed E-state index contributed by atoms with van der Waals surface area (Å²) in [5.41, 5.74) is 3.07. The zero-order valence-electron chi connectivity index (χ0n) is 11.2. The van der Waals surface area contributed by atoms with Crippen molar-refractivity contribution in [1.29, 1.82) is 0 Å². The molecule has 2 rings (SSSR count). The molecule has 100 valence electrons. The molecule has 0 unspecified atom stereocenters. The van der Waals surface area contributed by atoms with Gasteiger partial charge in [0.1, 0.15) is 11.6 Å². The second-order valence-electron chi connectivity index (χ2n) is 4.67. The lowest BCUT2D eigenvalue weighted by Gasteiger charge is -2.23. The highest BCUT2D eigenvalue weighted by molar-refractivity contribution is 5.48. The maximum absolute atomic E-state index is 13.3. The van der Waals surface area contributed by atoms with Crippen LogP contribution in [0.4, 0.5) is 10.1 Å². The van der Waals surface area contributed by atoms with Crippen LogP contribution in [0.25, 0.3) is 0 Å². The summed E-state index contributed by atoms with van der Waals surface area (Å²) in [6, 6.07) is 12.4. The molecule has 0 saturated heterocycles. The van der Waals surface area contributed by atoms with Gasteiger partial charge in [-0.3, -0.25) is 0 Å². The van der Waals surface area contributed by atoms with Crippen molar-refractivity contribution in [2.75, 3.05) is 11.4 Å². The van der Waals surface area contributed by atoms with E-state index >= 15 is 0 Å². The summed E-state index contributed by atoms with van der Waals surface area (Å²) in [4.78, 5) is 2.13. The van der Waals surface area contributed by atoms with E-state index in [4.69, 9.17) is 0 Å². The Morgan fingerprint density at radius 2 is 1.79 bits per heavy atom. The molecular formula is C16H18FNO. The third kappa shape index (κ3) is 3.47. The molecule has 2 aromatic carbocycles. The highest BCUT2D eigenvalue weighted by atomic mass is 19.1. The summed E-state index contributed by atoms with van der Waals surface area (Å²) in [6.07, 6.45) is 0. The van der Waals surface area contributed by atoms with E-state index in [1.165, 1.54) is 11.6 Å². The van der Waals surface area contributed by atoms with Gasteiger partial charge >= 0.3 is 0 Å². The summed E-state index contributed by atoms with van der Waals surface area (Å²) in [5, 5.41) is 9.43. The molecule has 3 heteroatoms. The van der Waals surface area contributed by atoms with E-state index in [2.05, 4.69) is 36.1 Å². The third-order valence-electron chi connectivity index (χ3n) is 3.10. The summed E-state index contributed by atoms with van der Waals surface area (Å²) in [7, 11) is 0. The predicted molar refractivity (Wildman–Crippen MR) is 76.0 cm³/mol. The number of hydrogen-bond acceptors (Lipinski definition) is 2. The van der Waals surface area contributed by atoms with Gasteiger partial charge in [0.2, 0.25) is 0 Å². The lowest BCUT2D eigenvalue weighted by Crippen LogP contribution is -2.21. The third-order valence-corrected chi connectivity index (χ3v) is 3.10. The van der Waals surface area contributed by atoms with Crippen LogP contribution < -0.4 is 4.90 Å². The largest absolute Gasteiger partial charge is 0.508 e. The molecule has 0 aliphatic rings. The van der Waals surface area contributed by atoms with Gasteiger partial charge in [-0.15, -0.1) is 0 Å². The fourth-order valence-electron chi connectivity index (χ4n) is 2.09. The van der Waals surface area contributed by atoms with E-state index < -0.39 is 5.82 Å². The lowest BCUT2D eigenvalue weighted by atomic mass is 10.1. The SMILES string of the molecule is CCN(Cc1cc(O)cc(F)c1)c1ccc(C)cc1. The number of aryl methyl sites for hydroxylation is 1. The Morgan fingerprint density at radius 3 is 2.37 bits per heavy atom. The molecule has 0 atom stereocenters. The maximum atomic E-state index is 13.3. The molecule has 19 heavy (non-hydrogen) atoms. The van der Waals surface area contributed by atoms with E-state index in [-0.39, 0.29) is 5.75 Å². The number of anilines is 1. The van der Waals surface area contributed by atoms with E-state index in [0.29, 0.717) is 6.54 Å². The predicted octanol–water partition coefficient (Wildman–Crippen LogP) is 3.87. The first-order valence-electron chi connectivity index (χ1n) is 6.38. The number of nitrogens with zero attached hydrogens (tertiary/aromatic N) is 1. The van der Waals surface area contributed by atoms with Gasteiger partial charge in [-0.2, -0.15) is 0 Å². The van der Waals surface area contributed by atoms with Crippen molar-refractivity contribution >= 4 is 5.69 Å². The van der Waals surface area contributed by atoms with E-state index in [9.17, 15) is 9.50 Å². The number of hydrogen-bond donors (Lipinski definition) is 1. The highest BCUT2D eigenvalue weighted by Gasteiger charge is 2.07. The molecule has 0 heterocycles. The molecule has 0 radical (unpaired) electrons. The summed E-state index contributed by atoms with van der Waals surface area (Å²) in [5.74, 6) is -0.440. The van der Waals surface area contributed by atoms with Gasteiger partial charge in [0.05, 0.1) is 0 Å². The molecule has 2 aromatic rings. The molecule has 0 spiro atoms. The second kappa shape index (κ2) is 5.74. The molecule has 0 aromatic heterocycles. The fourth-order valence-corrected chi connectivity index (χ4v) is 2.09. The van der Waals surface area contributed by atoms with Crippen molar-refractivity contribution < 1.29 is 9.50 Å². The van der Waals surface area contributed by atoms with Crippen molar-refractivity contribution in [2.45, 2.75) is 20.4 Å². The Labute approximate surface area is 113 Å². The Bertz CT molecular complexity index is 531. The van der Waals surface area contributed by atoms with Crippen LogP contribution in [0, 0.1) is 12.7 Å². The van der Waals surface area contributed by atoms with Crippen LogP contribution in [0.15, 0.2) is 42.5 Å². The first-order chi connectivity index (χ1) is 9.08. The van der Waals surface area contributed by atoms with Crippen molar-refractivity contribution in [3.05, 3.63) is 59.4 Å². The van der Waals surface area contributed by atoms with E-state index in [1.807, 2.05) is 6.92 Å². The molecular weight excluding hydrogens is 241 g/mol. The molecule has 0 fully saturated rings. The average molecular weight is 259 g/mol. The number of aromatic hydroxyl groups is 1. The van der Waals surface area contributed by atoms with Gasteiger partial charge in [-0.05, 0) is 43.7 Å². The second-order valence-corrected chi connectivity index (χ2v) is 4.67. The number of halogens is 1. The Morgan fingerprint density at radius 1 is 1.11 bits per heavy atom. The van der Waals surface area contributed by atoms with Crippen LogP contribution in [0.5, 0.6) is 5.75 Å². The van der Waals surface area contributed by atoms with Gasteiger partial charge in [0, 0.05) is 24.8 Å². The van der Waals surface area contributed by atoms with Crippen molar-refractivity contribution in [2.24, 2.45) is 0 Å². The van der Waals surface area contributed by atoms with Gasteiger partial charge in [0.15, 0.2) is 0 Å². The van der Waals surface area contributed by atoms with Crippen molar-refractivity contribution in [3.63, 3.8) is 0 Å². The molecule has 0 aliphatic heterocycles. The maximum Gasteiger partial charge on any atom is 0.127 e. The monoisotopic (exact) mass is 259 g/mol. The van der Waals surface area contributed by atoms with Crippen molar-refractivity contribution in [1.82, 2.24) is 0 Å². The van der Waals surface area contributed by atoms with E-state index in [0.717, 1.165) is 23.9 Å². The van der Waals surface area contributed by atoms with Crippen LogP contribution >= 0.6 is 0 Å². The molecule has 1 N–H and O–H groups in total. The molecule has 2 nitrogen and oxygen atoms in total. The number of rotatable bonds is 4. The standard InChI is InChI=1S/C16H18FNO/c1-3-18(15-6-4-12(2)5-7-15)11-13-8-14(17)10-16(19)9-13/h4-10,19H,3,11H2,1-2H3. The normalized spacial score (nSPS) is 10.5. The molecule has 0 bridgehead atoms. The van der Waals surface area contributed by atoms with Crippen LogP contribution in [0.1, 0.15) is 18.1 Å². The highest BCUT2D eigenvalue weighted by Crippen LogP contribution is 2.20. The van der Waals surface area contributed by atoms with Crippen molar-refractivity contribution in [3.8, 4) is 5.75 Å². The smallest absolute Gasteiger partial charge is 0.127 e. The summed E-state index contributed by atoms with van der Waals surface area (Å²) < 4.78 is 13.3. The van der Waals surface area contributed by atoms with Crippen LogP contribution in [0.2, 0.25) is 0 Å². The number of phenolic OH excluding ortho intramolecular Hbond substituents is 1. The van der Waals surface area contributed by atoms with Gasteiger partial charge < -0.3 is 10.0 Å². The lowest BCUT2D eigenvalue weighted by molar-refractivity contribution is 0.468. The minimum atomic E-state index is -0.407. The van der Waals surface area contributed by atoms with Crippen LogP contribution in [0.3, 0.4) is 0 Å². The van der Waals surface area contributed by atoms with Gasteiger partial charge in [-0.25, -0.2) is 4.39 Å². The van der Waals surface area contributed by atoms with Crippen LogP contribution in [-0.4, -0.2) is 11.7 Å². The molecule has 0 saturated carbocycles. The van der Waals surface area contributed by atoms with Gasteiger partial charge in [0.25, 0.3) is 0 Å². The zero-order valence-corrected chi connectivity index (χ0v) is 11.2. The Balaban J connectivity index is 2.21. The Hall–Kier alpha value is -2.03. The molecule has 0 aliphatic carbocycles. The minimum Gasteiger partial charge on any atom is -0.508 e. The first-order valence-corrected chi connectivity index (χ1v) is 6.38. The van der Waals surface area contributed by atoms with Crippen LogP contribution in [-0.2, 0) is 6.54 Å². The quantitative estimate of drug-likeness (QED) is 0.901. The average Bonchev–Trinajstić information content (AvgIpc) is 2.36. The number of benzene rings is 2. The fraction of sp³-hybridized carbons (Fsp3) is 0.250. The number of phenols is 1. The van der Waals surface area contributed by atoms with E-state index in [1.54, 1.807) is 6.07 Å². The minimum absolute atomic E-state index is 0.0324. The summed E-state index contributed by atoms with van der Waals surface area (Å²) >= 11 is 0. The first kappa shape index (κ1) is 13.4. The van der Waals surface area contributed by atoms with Gasteiger partial charge in [-0.1, -0.05) is 17.7 Å².